The maximum atomic E-state index is 12.8. The first kappa shape index (κ1) is 19.6. The van der Waals surface area contributed by atoms with Gasteiger partial charge < -0.3 is 14.9 Å². The number of β-lactam (4-membered cyclic amide) rings is 1. The van der Waals surface area contributed by atoms with Crippen molar-refractivity contribution in [3.05, 3.63) is 9.93 Å². The fraction of sp³-hybridized carbons (Fsp3) is 0.800. The van der Waals surface area contributed by atoms with Crippen molar-refractivity contribution in [2.75, 3.05) is 13.1 Å². The summed E-state index contributed by atoms with van der Waals surface area (Å²) in [5.41, 5.74) is 1.05. The van der Waals surface area contributed by atoms with Crippen molar-refractivity contribution in [3.8, 4) is 0 Å². The van der Waals surface area contributed by atoms with E-state index < -0.39 is 6.10 Å². The number of rotatable bonds is 5. The minimum Gasteiger partial charge on any atom is -0.392 e. The zero-order valence-electron chi connectivity index (χ0n) is 16.2. The van der Waals surface area contributed by atoms with E-state index in [1.54, 1.807) is 11.8 Å². The molecule has 0 radical (unpaired) electrons. The second-order valence-corrected chi connectivity index (χ2v) is 10.9. The van der Waals surface area contributed by atoms with Gasteiger partial charge in [-0.25, -0.2) is 0 Å². The first-order valence-corrected chi connectivity index (χ1v) is 12.1. The largest absolute Gasteiger partial charge is 0.392 e. The van der Waals surface area contributed by atoms with Gasteiger partial charge in [-0.1, -0.05) is 18.7 Å². The summed E-state index contributed by atoms with van der Waals surface area (Å²) >= 11 is 3.60. The Morgan fingerprint density at radius 2 is 2.04 bits per heavy atom. The van der Waals surface area contributed by atoms with Gasteiger partial charge in [0, 0.05) is 30.0 Å². The summed E-state index contributed by atoms with van der Waals surface area (Å²) in [5.74, 6) is 0.360. The van der Waals surface area contributed by atoms with Crippen LogP contribution in [0.15, 0.2) is 9.93 Å². The van der Waals surface area contributed by atoms with Gasteiger partial charge in [0.15, 0.2) is 0 Å². The Bertz CT molecular complexity index is 647. The van der Waals surface area contributed by atoms with Crippen molar-refractivity contribution in [3.63, 3.8) is 0 Å². The molecule has 1 aliphatic carbocycles. The van der Waals surface area contributed by atoms with Crippen LogP contribution in [0.3, 0.4) is 0 Å². The summed E-state index contributed by atoms with van der Waals surface area (Å²) in [4.78, 5) is 29.1. The minimum absolute atomic E-state index is 0.0690. The van der Waals surface area contributed by atoms with Crippen LogP contribution in [0.4, 0.5) is 0 Å². The Labute approximate surface area is 170 Å². The Balaban J connectivity index is 1.33. The number of aliphatic hydroxyl groups excluding tert-OH is 1. The maximum absolute atomic E-state index is 12.8. The number of fused-ring (bicyclic) bond motifs is 1. The summed E-state index contributed by atoms with van der Waals surface area (Å²) in [5, 5.41) is 10.7. The van der Waals surface area contributed by atoms with Gasteiger partial charge in [0.2, 0.25) is 11.8 Å². The van der Waals surface area contributed by atoms with E-state index in [0.29, 0.717) is 17.6 Å². The van der Waals surface area contributed by atoms with Gasteiger partial charge >= 0.3 is 0 Å². The molecular formula is C20H30N2O3S2. The first-order chi connectivity index (χ1) is 13.0. The third-order valence-electron chi connectivity index (χ3n) is 6.48. The Kier molecular flexibility index (Phi) is 5.82. The van der Waals surface area contributed by atoms with Gasteiger partial charge in [-0.2, -0.15) is 0 Å². The van der Waals surface area contributed by atoms with Crippen LogP contribution < -0.4 is 0 Å². The van der Waals surface area contributed by atoms with Crippen LogP contribution >= 0.6 is 23.5 Å². The van der Waals surface area contributed by atoms with Gasteiger partial charge in [-0.05, 0) is 51.9 Å². The minimum atomic E-state index is -0.540. The van der Waals surface area contributed by atoms with Crippen LogP contribution in [0.5, 0.6) is 0 Å². The molecule has 4 aliphatic rings. The molecular weight excluding hydrogens is 380 g/mol. The molecule has 3 heterocycles. The van der Waals surface area contributed by atoms with Gasteiger partial charge in [-0.15, -0.1) is 11.8 Å². The molecule has 0 spiro atoms. The van der Waals surface area contributed by atoms with Crippen molar-refractivity contribution in [2.24, 2.45) is 11.8 Å². The molecule has 150 valence electrons. The number of carbonyl (C=O) groups excluding carboxylic acids is 2. The van der Waals surface area contributed by atoms with Crippen molar-refractivity contribution in [1.29, 1.82) is 0 Å². The Morgan fingerprint density at radius 1 is 1.30 bits per heavy atom. The van der Waals surface area contributed by atoms with Crippen molar-refractivity contribution >= 4 is 35.3 Å². The van der Waals surface area contributed by atoms with Gasteiger partial charge in [0.1, 0.15) is 5.37 Å². The summed E-state index contributed by atoms with van der Waals surface area (Å²) in [7, 11) is 0. The fourth-order valence-electron chi connectivity index (χ4n) is 4.78. The molecule has 2 saturated heterocycles. The number of carbonyl (C=O) groups is 2. The highest BCUT2D eigenvalue weighted by Crippen LogP contribution is 2.56. The lowest BCUT2D eigenvalue weighted by atomic mass is 9.90. The van der Waals surface area contributed by atoms with E-state index >= 15 is 0 Å². The smallest absolute Gasteiger partial charge is 0.236 e. The van der Waals surface area contributed by atoms with E-state index in [-0.39, 0.29) is 23.1 Å². The van der Waals surface area contributed by atoms with E-state index in [4.69, 9.17) is 0 Å². The fourth-order valence-corrected chi connectivity index (χ4v) is 8.16. The SMILES string of the molecule is CC[C@H](O)[C@@H]1C(=O)N2C(C)=C(S[C@@H]3CCC(C(=O)N4CCCCC4)C3)S[C@H]12. The predicted molar refractivity (Wildman–Crippen MR) is 110 cm³/mol. The van der Waals surface area contributed by atoms with E-state index in [2.05, 4.69) is 4.90 Å². The second-order valence-electron chi connectivity index (χ2n) is 8.23. The highest BCUT2D eigenvalue weighted by atomic mass is 32.2. The third kappa shape index (κ3) is 3.55. The summed E-state index contributed by atoms with van der Waals surface area (Å²) in [6.07, 6.45) is 6.65. The van der Waals surface area contributed by atoms with Crippen LogP contribution in [-0.2, 0) is 9.59 Å². The Hall–Kier alpha value is -0.660. The molecule has 5 atom stereocenters. The lowest BCUT2D eigenvalue weighted by Crippen LogP contribution is -2.60. The average molecular weight is 411 g/mol. The van der Waals surface area contributed by atoms with Crippen molar-refractivity contribution in [1.82, 2.24) is 9.80 Å². The quantitative estimate of drug-likeness (QED) is 0.704. The molecule has 3 fully saturated rings. The topological polar surface area (TPSA) is 60.9 Å². The third-order valence-corrected chi connectivity index (χ3v) is 9.58. The number of amides is 2. The normalized spacial score (nSPS) is 34.7. The summed E-state index contributed by atoms with van der Waals surface area (Å²) in [6.45, 7) is 5.82. The standard InChI is InChI=1S/C20H30N2O3S2/c1-3-15(23)16-18(25)22-12(2)20(27-19(16)22)26-14-8-7-13(11-14)17(24)21-9-5-4-6-10-21/h13-16,19,23H,3-11H2,1-2H3/t13?,14-,15+,16-,19-/m1/s1. The van der Waals surface area contributed by atoms with Gasteiger partial charge in [0.25, 0.3) is 0 Å². The molecule has 0 bridgehead atoms. The molecule has 7 heteroatoms. The van der Waals surface area contributed by atoms with Crippen LogP contribution in [-0.4, -0.2) is 56.5 Å². The summed E-state index contributed by atoms with van der Waals surface area (Å²) < 4.78 is 1.22. The van der Waals surface area contributed by atoms with Crippen LogP contribution in [0.2, 0.25) is 0 Å². The lowest BCUT2D eigenvalue weighted by Gasteiger charge is -2.44. The number of thioether (sulfide) groups is 2. The maximum Gasteiger partial charge on any atom is 0.236 e. The number of hydrogen-bond donors (Lipinski definition) is 1. The monoisotopic (exact) mass is 410 g/mol. The highest BCUT2D eigenvalue weighted by molar-refractivity contribution is 8.23. The van der Waals surface area contributed by atoms with E-state index in [9.17, 15) is 14.7 Å². The molecule has 5 nitrogen and oxygen atoms in total. The summed E-state index contributed by atoms with van der Waals surface area (Å²) in [6, 6.07) is 0. The molecule has 2 amide bonds. The molecule has 4 rings (SSSR count). The number of aliphatic hydroxyl groups is 1. The number of likely N-dealkylation sites (tertiary alicyclic amines) is 1. The van der Waals surface area contributed by atoms with E-state index in [1.165, 1.54) is 10.7 Å². The molecule has 1 unspecified atom stereocenters. The number of piperidine rings is 1. The average Bonchev–Trinajstić information content (AvgIpc) is 3.25. The number of hydrogen-bond acceptors (Lipinski definition) is 5. The number of allylic oxidation sites excluding steroid dienone is 1. The van der Waals surface area contributed by atoms with Crippen LogP contribution in [0, 0.1) is 11.8 Å². The zero-order valence-corrected chi connectivity index (χ0v) is 17.9. The zero-order chi connectivity index (χ0) is 19.1. The molecule has 0 aromatic heterocycles. The molecule has 3 aliphatic heterocycles. The molecule has 27 heavy (non-hydrogen) atoms. The van der Waals surface area contributed by atoms with E-state index in [1.807, 2.05) is 30.5 Å². The van der Waals surface area contributed by atoms with Gasteiger partial charge in [0.05, 0.1) is 16.3 Å². The van der Waals surface area contributed by atoms with Crippen molar-refractivity contribution < 1.29 is 14.7 Å². The van der Waals surface area contributed by atoms with Gasteiger partial charge in [-0.3, -0.25) is 9.59 Å². The molecule has 1 saturated carbocycles. The first-order valence-electron chi connectivity index (χ1n) is 10.3. The van der Waals surface area contributed by atoms with Crippen LogP contribution in [0.1, 0.15) is 58.8 Å². The van der Waals surface area contributed by atoms with Crippen LogP contribution in [0.25, 0.3) is 0 Å². The Morgan fingerprint density at radius 3 is 2.74 bits per heavy atom. The number of nitrogens with zero attached hydrogens (tertiary/aromatic N) is 2. The molecule has 0 aromatic rings. The molecule has 1 N–H and O–H groups in total. The molecule has 0 aromatic carbocycles. The highest BCUT2D eigenvalue weighted by Gasteiger charge is 2.55. The van der Waals surface area contributed by atoms with E-state index in [0.717, 1.165) is 50.9 Å². The lowest BCUT2D eigenvalue weighted by molar-refractivity contribution is -0.153. The second kappa shape index (κ2) is 7.99. The predicted octanol–water partition coefficient (Wildman–Crippen LogP) is 3.39. The van der Waals surface area contributed by atoms with Crippen molar-refractivity contribution in [2.45, 2.75) is 75.5 Å².